The number of hydrogen-bond donors (Lipinski definition) is 1. The minimum atomic E-state index is -0.118. The van der Waals surface area contributed by atoms with E-state index in [-0.39, 0.29) is 29.6 Å². The van der Waals surface area contributed by atoms with Crippen molar-refractivity contribution in [1.29, 1.82) is 0 Å². The van der Waals surface area contributed by atoms with Crippen molar-refractivity contribution in [3.63, 3.8) is 0 Å². The van der Waals surface area contributed by atoms with Gasteiger partial charge in [0.15, 0.2) is 0 Å². The van der Waals surface area contributed by atoms with Gasteiger partial charge in [-0.1, -0.05) is 23.7 Å². The zero-order chi connectivity index (χ0) is 21.0. The molecule has 0 unspecified atom stereocenters. The molecule has 6 nitrogen and oxygen atoms in total. The third kappa shape index (κ3) is 3.20. The van der Waals surface area contributed by atoms with E-state index >= 15 is 0 Å². The molecule has 0 spiro atoms. The van der Waals surface area contributed by atoms with Gasteiger partial charge in [-0.25, -0.2) is 4.79 Å². The largest absolute Gasteiger partial charge is 0.346 e. The summed E-state index contributed by atoms with van der Waals surface area (Å²) in [6, 6.07) is 11.9. The van der Waals surface area contributed by atoms with Crippen LogP contribution in [0.25, 0.3) is 0 Å². The summed E-state index contributed by atoms with van der Waals surface area (Å²) in [6.45, 7) is 1.26. The average molecular weight is 445 g/mol. The van der Waals surface area contributed by atoms with Gasteiger partial charge in [0, 0.05) is 17.8 Å². The monoisotopic (exact) mass is 444 g/mol. The lowest BCUT2D eigenvalue weighted by Crippen LogP contribution is -2.44. The van der Waals surface area contributed by atoms with E-state index in [0.29, 0.717) is 22.3 Å². The van der Waals surface area contributed by atoms with E-state index in [1.54, 1.807) is 12.1 Å². The molecule has 0 radical (unpaired) electrons. The minimum Gasteiger partial charge on any atom is -0.346 e. The summed E-state index contributed by atoms with van der Waals surface area (Å²) in [5.74, 6) is -0.118. The number of thiophene rings is 1. The summed E-state index contributed by atoms with van der Waals surface area (Å²) in [7, 11) is 4.25. The lowest BCUT2D eigenvalue weighted by Gasteiger charge is -2.25. The predicted octanol–water partition coefficient (Wildman–Crippen LogP) is 3.77. The summed E-state index contributed by atoms with van der Waals surface area (Å²) in [5.41, 5.74) is 2.39. The molecule has 3 aliphatic rings. The highest BCUT2D eigenvalue weighted by Crippen LogP contribution is 2.49. The number of amides is 3. The molecule has 30 heavy (non-hydrogen) atoms. The van der Waals surface area contributed by atoms with E-state index < -0.39 is 0 Å². The van der Waals surface area contributed by atoms with E-state index in [0.717, 1.165) is 12.1 Å². The Bertz CT molecular complexity index is 985. The number of rotatable bonds is 5. The molecule has 3 fully saturated rings. The Kier molecular flexibility index (Phi) is 4.80. The van der Waals surface area contributed by atoms with Crippen LogP contribution in [-0.4, -0.2) is 61.0 Å². The van der Waals surface area contributed by atoms with Crippen molar-refractivity contribution >= 4 is 40.6 Å². The lowest BCUT2D eigenvalue weighted by atomic mass is 10.0. The van der Waals surface area contributed by atoms with Crippen LogP contribution in [-0.2, 0) is 5.54 Å². The second-order valence-electron chi connectivity index (χ2n) is 8.60. The van der Waals surface area contributed by atoms with Crippen LogP contribution in [0.4, 0.5) is 10.5 Å². The van der Waals surface area contributed by atoms with Crippen LogP contribution in [0.5, 0.6) is 0 Å². The molecule has 2 aromatic rings. The molecule has 0 bridgehead atoms. The van der Waals surface area contributed by atoms with Crippen LogP contribution in [0, 0.1) is 0 Å². The smallest absolute Gasteiger partial charge is 0.324 e. The van der Waals surface area contributed by atoms with Crippen molar-refractivity contribution in [1.82, 2.24) is 15.1 Å². The van der Waals surface area contributed by atoms with Gasteiger partial charge in [-0.2, -0.15) is 0 Å². The van der Waals surface area contributed by atoms with Gasteiger partial charge in [0.05, 0.1) is 27.8 Å². The number of carbonyl (C=O) groups excluding carboxylic acids is 2. The molecule has 8 heteroatoms. The van der Waals surface area contributed by atoms with Crippen LogP contribution in [0.1, 0.15) is 34.5 Å². The summed E-state index contributed by atoms with van der Waals surface area (Å²) in [5, 5.41) is 3.11. The van der Waals surface area contributed by atoms with Gasteiger partial charge in [0.2, 0.25) is 0 Å². The molecule has 3 heterocycles. The Morgan fingerprint density at radius 1 is 1.20 bits per heavy atom. The van der Waals surface area contributed by atoms with Crippen molar-refractivity contribution in [2.45, 2.75) is 36.9 Å². The Morgan fingerprint density at radius 3 is 2.53 bits per heavy atom. The van der Waals surface area contributed by atoms with Crippen LogP contribution in [0.2, 0.25) is 4.34 Å². The van der Waals surface area contributed by atoms with E-state index in [1.807, 2.05) is 9.80 Å². The Hall–Kier alpha value is -2.09. The van der Waals surface area contributed by atoms with Crippen molar-refractivity contribution in [3.8, 4) is 0 Å². The minimum absolute atomic E-state index is 0.00638. The fourth-order valence-electron chi connectivity index (χ4n) is 4.86. The van der Waals surface area contributed by atoms with Crippen molar-refractivity contribution in [3.05, 3.63) is 51.2 Å². The zero-order valence-corrected chi connectivity index (χ0v) is 18.7. The van der Waals surface area contributed by atoms with Gasteiger partial charge in [0.25, 0.3) is 5.91 Å². The van der Waals surface area contributed by atoms with Gasteiger partial charge in [0.1, 0.15) is 0 Å². The summed E-state index contributed by atoms with van der Waals surface area (Å²) in [6.07, 6.45) is 3.13. The van der Waals surface area contributed by atoms with Crippen LogP contribution >= 0.6 is 22.9 Å². The highest BCUT2D eigenvalue weighted by molar-refractivity contribution is 7.18. The number of nitrogens with zero attached hydrogens (tertiary/aromatic N) is 3. The first-order chi connectivity index (χ1) is 14.4. The van der Waals surface area contributed by atoms with Crippen molar-refractivity contribution < 1.29 is 9.59 Å². The lowest BCUT2D eigenvalue weighted by molar-refractivity contribution is 0.0935. The quantitative estimate of drug-likeness (QED) is 0.763. The highest BCUT2D eigenvalue weighted by atomic mass is 35.5. The van der Waals surface area contributed by atoms with Crippen molar-refractivity contribution in [2.75, 3.05) is 32.1 Å². The Labute approximate surface area is 185 Å². The molecule has 5 rings (SSSR count). The van der Waals surface area contributed by atoms with Crippen molar-refractivity contribution in [2.24, 2.45) is 0 Å². The number of urea groups is 1. The van der Waals surface area contributed by atoms with Gasteiger partial charge in [-0.15, -0.1) is 11.3 Å². The molecule has 2 saturated heterocycles. The highest BCUT2D eigenvalue weighted by Gasteiger charge is 2.48. The number of hydrogen-bond acceptors (Lipinski definition) is 4. The Balaban J connectivity index is 1.29. The first-order valence-corrected chi connectivity index (χ1v) is 11.5. The van der Waals surface area contributed by atoms with Gasteiger partial charge in [-0.3, -0.25) is 14.6 Å². The standard InChI is InChI=1S/C22H25ClN4O2S/c1-25(2)22(10-11-22)14-3-5-15(6-4-14)27-13-17-16(9-12-26(17)21(27)29)24-20(28)18-7-8-19(23)30-18/h3-8,16-17H,9-13H2,1-2H3,(H,24,28)/t16-,17-/m1/s1. The predicted molar refractivity (Wildman–Crippen MR) is 119 cm³/mol. The number of carbonyl (C=O) groups is 2. The molecule has 1 aromatic heterocycles. The molecule has 3 amide bonds. The maximum atomic E-state index is 13.0. The zero-order valence-electron chi connectivity index (χ0n) is 17.1. The third-order valence-corrected chi connectivity index (χ3v) is 8.03. The number of halogens is 1. The molecule has 1 saturated carbocycles. The first-order valence-electron chi connectivity index (χ1n) is 10.3. The summed E-state index contributed by atoms with van der Waals surface area (Å²) in [4.78, 5) is 32.2. The fraction of sp³-hybridized carbons (Fsp3) is 0.455. The molecular formula is C22H25ClN4O2S. The van der Waals surface area contributed by atoms with E-state index in [1.165, 1.54) is 29.7 Å². The molecule has 2 aliphatic heterocycles. The number of benzene rings is 1. The summed E-state index contributed by atoms with van der Waals surface area (Å²) >= 11 is 7.22. The molecule has 158 valence electrons. The van der Waals surface area contributed by atoms with Gasteiger partial charge < -0.3 is 10.2 Å². The first kappa shape index (κ1) is 19.8. The maximum absolute atomic E-state index is 13.0. The second kappa shape index (κ2) is 7.25. The van der Waals surface area contributed by atoms with E-state index in [4.69, 9.17) is 11.6 Å². The number of anilines is 1. The summed E-state index contributed by atoms with van der Waals surface area (Å²) < 4.78 is 0.598. The van der Waals surface area contributed by atoms with E-state index in [2.05, 4.69) is 48.6 Å². The fourth-order valence-corrected chi connectivity index (χ4v) is 5.81. The van der Waals surface area contributed by atoms with Crippen LogP contribution < -0.4 is 10.2 Å². The Morgan fingerprint density at radius 2 is 1.93 bits per heavy atom. The second-order valence-corrected chi connectivity index (χ2v) is 10.3. The van der Waals surface area contributed by atoms with Gasteiger partial charge in [-0.05, 0) is 63.2 Å². The normalized spacial score (nSPS) is 24.5. The SMILES string of the molecule is CN(C)C1(c2ccc(N3C[C@@H]4[C@H](NC(=O)c5ccc(Cl)s5)CCN4C3=O)cc2)CC1. The molecular weight excluding hydrogens is 420 g/mol. The molecule has 1 aromatic carbocycles. The third-order valence-electron chi connectivity index (χ3n) is 6.80. The topological polar surface area (TPSA) is 55.9 Å². The molecule has 2 atom stereocenters. The van der Waals surface area contributed by atoms with E-state index in [9.17, 15) is 9.59 Å². The van der Waals surface area contributed by atoms with Crippen LogP contribution in [0.15, 0.2) is 36.4 Å². The molecule has 1 N–H and O–H groups in total. The number of fused-ring (bicyclic) bond motifs is 1. The maximum Gasteiger partial charge on any atom is 0.324 e. The molecule has 1 aliphatic carbocycles. The van der Waals surface area contributed by atoms with Crippen LogP contribution in [0.3, 0.4) is 0 Å². The number of nitrogens with one attached hydrogen (secondary N) is 1. The van der Waals surface area contributed by atoms with Gasteiger partial charge >= 0.3 is 6.03 Å². The average Bonchev–Trinajstić information content (AvgIpc) is 3.13.